The van der Waals surface area contributed by atoms with Crippen LogP contribution in [-0.4, -0.2) is 34.6 Å². The summed E-state index contributed by atoms with van der Waals surface area (Å²) in [7, 11) is 0. The van der Waals surface area contributed by atoms with Gasteiger partial charge in [0.05, 0.1) is 0 Å². The molecule has 0 amide bonds. The number of rotatable bonds is 2. The summed E-state index contributed by atoms with van der Waals surface area (Å²) < 4.78 is 0. The molecule has 3 nitrogen and oxygen atoms in total. The lowest BCUT2D eigenvalue weighted by Crippen LogP contribution is -2.47. The average molecular weight is 157 g/mol. The van der Waals surface area contributed by atoms with Crippen LogP contribution in [0.1, 0.15) is 26.7 Å². The van der Waals surface area contributed by atoms with Crippen molar-refractivity contribution < 1.29 is 9.90 Å². The van der Waals surface area contributed by atoms with Gasteiger partial charge in [-0.3, -0.25) is 9.69 Å². The molecule has 0 aromatic rings. The smallest absolute Gasteiger partial charge is 0.323 e. The fourth-order valence-electron chi connectivity index (χ4n) is 1.77. The average Bonchev–Trinajstić information content (AvgIpc) is 2.32. The van der Waals surface area contributed by atoms with E-state index in [0.29, 0.717) is 0 Å². The molecular weight excluding hydrogens is 142 g/mol. The van der Waals surface area contributed by atoms with Crippen molar-refractivity contribution in [3.8, 4) is 0 Å². The standard InChI is InChI=1S/C8H15NO2/c1-3-9-6-4-5-8(9,2)7(10)11/h3-6H2,1-2H3,(H,10,11). The van der Waals surface area contributed by atoms with Gasteiger partial charge in [0.2, 0.25) is 0 Å². The molecule has 1 aliphatic rings. The van der Waals surface area contributed by atoms with Gasteiger partial charge in [-0.05, 0) is 32.9 Å². The Morgan fingerprint density at radius 2 is 2.36 bits per heavy atom. The van der Waals surface area contributed by atoms with Crippen LogP contribution in [0, 0.1) is 0 Å². The number of nitrogens with zero attached hydrogens (tertiary/aromatic N) is 1. The molecule has 1 saturated heterocycles. The van der Waals surface area contributed by atoms with Crippen molar-refractivity contribution >= 4 is 5.97 Å². The first kappa shape index (κ1) is 8.53. The van der Waals surface area contributed by atoms with Crippen LogP contribution in [0.4, 0.5) is 0 Å². The molecule has 1 N–H and O–H groups in total. The van der Waals surface area contributed by atoms with E-state index >= 15 is 0 Å². The summed E-state index contributed by atoms with van der Waals surface area (Å²) in [5.74, 6) is -0.683. The fourth-order valence-corrected chi connectivity index (χ4v) is 1.77. The second-order valence-corrected chi connectivity index (χ2v) is 3.26. The zero-order chi connectivity index (χ0) is 8.48. The number of carboxylic acid groups (broad SMARTS) is 1. The van der Waals surface area contributed by atoms with Crippen LogP contribution in [0.25, 0.3) is 0 Å². The molecule has 0 aromatic heterocycles. The summed E-state index contributed by atoms with van der Waals surface area (Å²) in [6.07, 6.45) is 1.80. The Morgan fingerprint density at radius 3 is 2.73 bits per heavy atom. The first-order chi connectivity index (χ1) is 5.11. The maximum Gasteiger partial charge on any atom is 0.323 e. The third-order valence-electron chi connectivity index (χ3n) is 2.63. The van der Waals surface area contributed by atoms with Crippen molar-refractivity contribution in [1.82, 2.24) is 4.90 Å². The van der Waals surface area contributed by atoms with Crippen LogP contribution >= 0.6 is 0 Å². The van der Waals surface area contributed by atoms with Crippen LogP contribution in [0.2, 0.25) is 0 Å². The molecule has 1 fully saturated rings. The zero-order valence-electron chi connectivity index (χ0n) is 7.13. The second kappa shape index (κ2) is 2.81. The van der Waals surface area contributed by atoms with Gasteiger partial charge < -0.3 is 5.11 Å². The number of hydrogen-bond acceptors (Lipinski definition) is 2. The van der Waals surface area contributed by atoms with Crippen molar-refractivity contribution in [2.45, 2.75) is 32.2 Å². The molecule has 0 saturated carbocycles. The Labute approximate surface area is 67.0 Å². The normalized spacial score (nSPS) is 32.5. The predicted molar refractivity (Wildman–Crippen MR) is 42.5 cm³/mol. The van der Waals surface area contributed by atoms with Gasteiger partial charge >= 0.3 is 5.97 Å². The van der Waals surface area contributed by atoms with Crippen molar-refractivity contribution in [1.29, 1.82) is 0 Å². The molecule has 0 radical (unpaired) electrons. The van der Waals surface area contributed by atoms with Gasteiger partial charge in [0.1, 0.15) is 5.54 Å². The highest BCUT2D eigenvalue weighted by Crippen LogP contribution is 2.28. The molecule has 0 spiro atoms. The molecule has 11 heavy (non-hydrogen) atoms. The molecule has 0 aromatic carbocycles. The molecule has 64 valence electrons. The highest BCUT2D eigenvalue weighted by atomic mass is 16.4. The maximum atomic E-state index is 10.9. The van der Waals surface area contributed by atoms with E-state index in [1.54, 1.807) is 0 Å². The first-order valence-electron chi connectivity index (χ1n) is 4.09. The van der Waals surface area contributed by atoms with E-state index in [0.717, 1.165) is 25.9 Å². The van der Waals surface area contributed by atoms with Crippen molar-refractivity contribution in [2.24, 2.45) is 0 Å². The highest BCUT2D eigenvalue weighted by molar-refractivity contribution is 5.78. The third-order valence-corrected chi connectivity index (χ3v) is 2.63. The Morgan fingerprint density at radius 1 is 1.73 bits per heavy atom. The lowest BCUT2D eigenvalue weighted by Gasteiger charge is -2.29. The van der Waals surface area contributed by atoms with Crippen molar-refractivity contribution in [2.75, 3.05) is 13.1 Å². The Balaban J connectivity index is 2.75. The van der Waals surface area contributed by atoms with E-state index in [9.17, 15) is 4.79 Å². The van der Waals surface area contributed by atoms with E-state index in [1.807, 2.05) is 18.7 Å². The molecule has 1 rings (SSSR count). The summed E-state index contributed by atoms with van der Waals surface area (Å²) in [6, 6.07) is 0. The van der Waals surface area contributed by atoms with E-state index in [4.69, 9.17) is 5.11 Å². The largest absolute Gasteiger partial charge is 0.480 e. The molecular formula is C8H15NO2. The Bertz CT molecular complexity index is 169. The third kappa shape index (κ3) is 1.25. The minimum Gasteiger partial charge on any atom is -0.480 e. The topological polar surface area (TPSA) is 40.5 Å². The molecule has 1 atom stereocenters. The van der Waals surface area contributed by atoms with E-state index < -0.39 is 11.5 Å². The lowest BCUT2D eigenvalue weighted by atomic mass is 9.99. The van der Waals surface area contributed by atoms with Gasteiger partial charge in [-0.1, -0.05) is 6.92 Å². The van der Waals surface area contributed by atoms with Gasteiger partial charge in [0, 0.05) is 0 Å². The van der Waals surface area contributed by atoms with Gasteiger partial charge in [-0.15, -0.1) is 0 Å². The van der Waals surface area contributed by atoms with Gasteiger partial charge in [0.15, 0.2) is 0 Å². The van der Waals surface area contributed by atoms with Crippen LogP contribution in [0.15, 0.2) is 0 Å². The molecule has 1 unspecified atom stereocenters. The highest BCUT2D eigenvalue weighted by Gasteiger charge is 2.42. The molecule has 1 aliphatic heterocycles. The summed E-state index contributed by atoms with van der Waals surface area (Å²) in [4.78, 5) is 12.9. The molecule has 1 heterocycles. The maximum absolute atomic E-state index is 10.9. The van der Waals surface area contributed by atoms with Gasteiger partial charge in [0.25, 0.3) is 0 Å². The monoisotopic (exact) mass is 157 g/mol. The summed E-state index contributed by atoms with van der Waals surface area (Å²) in [6.45, 7) is 5.58. The summed E-state index contributed by atoms with van der Waals surface area (Å²) in [5, 5.41) is 8.93. The minimum absolute atomic E-state index is 0.589. The zero-order valence-corrected chi connectivity index (χ0v) is 7.13. The van der Waals surface area contributed by atoms with E-state index in [1.165, 1.54) is 0 Å². The summed E-state index contributed by atoms with van der Waals surface area (Å²) in [5.41, 5.74) is -0.589. The minimum atomic E-state index is -0.683. The quantitative estimate of drug-likeness (QED) is 0.648. The molecule has 0 aliphatic carbocycles. The number of carboxylic acids is 1. The van der Waals surface area contributed by atoms with Gasteiger partial charge in [-0.25, -0.2) is 0 Å². The van der Waals surface area contributed by atoms with Crippen LogP contribution in [0.5, 0.6) is 0 Å². The summed E-state index contributed by atoms with van der Waals surface area (Å²) >= 11 is 0. The van der Waals surface area contributed by atoms with E-state index in [2.05, 4.69) is 0 Å². The van der Waals surface area contributed by atoms with E-state index in [-0.39, 0.29) is 0 Å². The Kier molecular flexibility index (Phi) is 2.18. The van der Waals surface area contributed by atoms with Crippen molar-refractivity contribution in [3.05, 3.63) is 0 Å². The van der Waals surface area contributed by atoms with Crippen LogP contribution in [-0.2, 0) is 4.79 Å². The molecule has 0 bridgehead atoms. The first-order valence-corrected chi connectivity index (χ1v) is 4.09. The number of hydrogen-bond donors (Lipinski definition) is 1. The van der Waals surface area contributed by atoms with Crippen LogP contribution in [0.3, 0.4) is 0 Å². The van der Waals surface area contributed by atoms with Gasteiger partial charge in [-0.2, -0.15) is 0 Å². The second-order valence-electron chi connectivity index (χ2n) is 3.26. The number of carbonyl (C=O) groups is 1. The fraction of sp³-hybridized carbons (Fsp3) is 0.875. The number of aliphatic carboxylic acids is 1. The lowest BCUT2D eigenvalue weighted by molar-refractivity contribution is -0.148. The van der Waals surface area contributed by atoms with Crippen molar-refractivity contribution in [3.63, 3.8) is 0 Å². The number of likely N-dealkylation sites (tertiary alicyclic amines) is 1. The van der Waals surface area contributed by atoms with Crippen LogP contribution < -0.4 is 0 Å². The number of likely N-dealkylation sites (N-methyl/N-ethyl adjacent to an activating group) is 1. The Hall–Kier alpha value is -0.570. The SMILES string of the molecule is CCN1CCCC1(C)C(=O)O. The predicted octanol–water partition coefficient (Wildman–Crippen LogP) is 0.945. The molecule has 3 heteroatoms.